The van der Waals surface area contributed by atoms with Gasteiger partial charge in [-0.05, 0) is 13.8 Å². The summed E-state index contributed by atoms with van der Waals surface area (Å²) in [5, 5.41) is 3.26. The summed E-state index contributed by atoms with van der Waals surface area (Å²) in [7, 11) is -1.57. The highest BCUT2D eigenvalue weighted by atomic mass is 28.3. The van der Waals surface area contributed by atoms with Crippen molar-refractivity contribution in [2.24, 2.45) is 0 Å². The van der Waals surface area contributed by atoms with E-state index in [1.54, 1.807) is 10.4 Å². The lowest BCUT2D eigenvalue weighted by Crippen LogP contribution is -2.67. The number of rotatable bonds is 4. The molecule has 0 aliphatic carbocycles. The molecule has 0 spiro atoms. The molecule has 0 N–H and O–H groups in total. The van der Waals surface area contributed by atoms with Crippen LogP contribution < -0.4 is 10.4 Å². The Kier molecular flexibility index (Phi) is 4.51. The zero-order valence-electron chi connectivity index (χ0n) is 14.0. The van der Waals surface area contributed by atoms with Gasteiger partial charge in [-0.15, -0.1) is 0 Å². The van der Waals surface area contributed by atoms with E-state index in [2.05, 4.69) is 74.5 Å². The Morgan fingerprint density at radius 3 is 1.50 bits per heavy atom. The summed E-state index contributed by atoms with van der Waals surface area (Å²) in [5.41, 5.74) is 0. The van der Waals surface area contributed by atoms with Crippen molar-refractivity contribution >= 4 is 18.4 Å². The molecule has 1 nitrogen and oxygen atoms in total. The summed E-state index contributed by atoms with van der Waals surface area (Å²) in [5.74, 6) is 0. The maximum Gasteiger partial charge on any atom is 0.129 e. The average molecular weight is 311 g/mol. The van der Waals surface area contributed by atoms with E-state index in [4.69, 9.17) is 0 Å². The molecule has 1 heterocycles. The molecule has 2 aromatic carbocycles. The molecule has 2 aromatic rings. The van der Waals surface area contributed by atoms with Crippen molar-refractivity contribution in [3.8, 4) is 0 Å². The lowest BCUT2D eigenvalue weighted by atomic mass is 10.3. The van der Waals surface area contributed by atoms with Gasteiger partial charge in [0.25, 0.3) is 0 Å². The number of nitrogens with zero attached hydrogens (tertiary/aromatic N) is 1. The Hall–Kier alpha value is -1.38. The molecular weight excluding hydrogens is 282 g/mol. The maximum absolute atomic E-state index is 2.39. The third kappa shape index (κ3) is 2.66. The minimum Gasteiger partial charge on any atom is -0.324 e. The largest absolute Gasteiger partial charge is 0.324 e. The quantitative estimate of drug-likeness (QED) is 0.601. The van der Waals surface area contributed by atoms with Crippen LogP contribution in [0.5, 0.6) is 0 Å². The van der Waals surface area contributed by atoms with Crippen molar-refractivity contribution < 1.29 is 4.48 Å². The van der Waals surface area contributed by atoms with Crippen LogP contribution in [0.25, 0.3) is 0 Å². The number of quaternary nitrogens is 1. The molecular formula is C20H28NSi+. The predicted octanol–water partition coefficient (Wildman–Crippen LogP) is 3.12. The topological polar surface area (TPSA) is 0 Å². The van der Waals surface area contributed by atoms with Crippen molar-refractivity contribution in [2.45, 2.75) is 25.9 Å². The van der Waals surface area contributed by atoms with Crippen LogP contribution in [0.3, 0.4) is 0 Å². The van der Waals surface area contributed by atoms with Crippen LogP contribution in [0.4, 0.5) is 0 Å². The average Bonchev–Trinajstić information content (AvgIpc) is 2.63. The lowest BCUT2D eigenvalue weighted by molar-refractivity contribution is -0.923. The molecule has 116 valence electrons. The van der Waals surface area contributed by atoms with Crippen molar-refractivity contribution in [3.63, 3.8) is 0 Å². The van der Waals surface area contributed by atoms with Gasteiger partial charge in [0.1, 0.15) is 8.07 Å². The van der Waals surface area contributed by atoms with Gasteiger partial charge < -0.3 is 4.48 Å². The fourth-order valence-electron chi connectivity index (χ4n) is 4.21. The van der Waals surface area contributed by atoms with Gasteiger partial charge in [0.05, 0.1) is 26.2 Å². The van der Waals surface area contributed by atoms with E-state index < -0.39 is 8.07 Å². The summed E-state index contributed by atoms with van der Waals surface area (Å²) >= 11 is 0. The highest BCUT2D eigenvalue weighted by molar-refractivity contribution is 7.02. The minimum absolute atomic E-state index is 1.28. The molecule has 0 radical (unpaired) electrons. The molecule has 0 bridgehead atoms. The van der Waals surface area contributed by atoms with Crippen LogP contribution in [0, 0.1) is 0 Å². The van der Waals surface area contributed by atoms with E-state index in [1.807, 2.05) is 0 Å². The van der Waals surface area contributed by atoms with Crippen molar-refractivity contribution in [1.82, 2.24) is 0 Å². The molecule has 0 unspecified atom stereocenters. The summed E-state index contributed by atoms with van der Waals surface area (Å²) in [6, 6.07) is 25.5. The van der Waals surface area contributed by atoms with Crippen LogP contribution >= 0.6 is 0 Å². The van der Waals surface area contributed by atoms with E-state index in [0.717, 1.165) is 0 Å². The van der Waals surface area contributed by atoms with Crippen LogP contribution in [0.15, 0.2) is 60.7 Å². The van der Waals surface area contributed by atoms with Crippen molar-refractivity contribution in [2.75, 3.05) is 26.2 Å². The number of benzene rings is 2. The first-order valence-electron chi connectivity index (χ1n) is 8.71. The summed E-state index contributed by atoms with van der Waals surface area (Å²) in [6.45, 7) is 9.99. The second-order valence-corrected chi connectivity index (χ2v) is 11.1. The number of hydrogen-bond donors (Lipinski definition) is 0. The second kappa shape index (κ2) is 6.39. The molecule has 1 aliphatic rings. The Morgan fingerprint density at radius 2 is 1.14 bits per heavy atom. The van der Waals surface area contributed by atoms with Gasteiger partial charge in [0.15, 0.2) is 0 Å². The third-order valence-corrected chi connectivity index (χ3v) is 11.1. The van der Waals surface area contributed by atoms with E-state index in [1.165, 1.54) is 42.8 Å². The fourth-order valence-corrected chi connectivity index (χ4v) is 9.32. The van der Waals surface area contributed by atoms with E-state index in [9.17, 15) is 0 Å². The third-order valence-electron chi connectivity index (χ3n) is 6.02. The van der Waals surface area contributed by atoms with E-state index in [0.29, 0.717) is 0 Å². The standard InChI is InChI=1S/C20H28NSi/c1-3-21(4-2)15-17-22(18-16-21,19-11-7-5-8-12-19)20-13-9-6-10-14-20/h5-14H,3-4,15-18H2,1-2H3/q+1. The summed E-state index contributed by atoms with van der Waals surface area (Å²) < 4.78 is 1.31. The molecule has 1 fully saturated rings. The summed E-state index contributed by atoms with van der Waals surface area (Å²) in [6.07, 6.45) is 0. The van der Waals surface area contributed by atoms with Gasteiger partial charge in [-0.1, -0.05) is 71.0 Å². The van der Waals surface area contributed by atoms with E-state index >= 15 is 0 Å². The smallest absolute Gasteiger partial charge is 0.129 e. The Balaban J connectivity index is 2.00. The molecule has 0 atom stereocenters. The zero-order chi connectivity index (χ0) is 15.5. The predicted molar refractivity (Wildman–Crippen MR) is 98.6 cm³/mol. The molecule has 0 aromatic heterocycles. The molecule has 0 saturated carbocycles. The van der Waals surface area contributed by atoms with Crippen LogP contribution in [0.1, 0.15) is 13.8 Å². The van der Waals surface area contributed by atoms with Gasteiger partial charge in [0, 0.05) is 12.1 Å². The normalized spacial score (nSPS) is 19.7. The first kappa shape index (κ1) is 15.5. The first-order chi connectivity index (χ1) is 10.7. The molecule has 1 aliphatic heterocycles. The van der Waals surface area contributed by atoms with Crippen molar-refractivity contribution in [1.29, 1.82) is 0 Å². The second-order valence-electron chi connectivity index (χ2n) is 6.74. The van der Waals surface area contributed by atoms with Gasteiger partial charge in [-0.25, -0.2) is 0 Å². The van der Waals surface area contributed by atoms with E-state index in [-0.39, 0.29) is 0 Å². The Bertz CT molecular complexity index is 538. The highest BCUT2D eigenvalue weighted by Gasteiger charge is 2.45. The molecule has 2 heteroatoms. The maximum atomic E-state index is 2.39. The van der Waals surface area contributed by atoms with Crippen LogP contribution in [0.2, 0.25) is 12.1 Å². The van der Waals surface area contributed by atoms with Crippen LogP contribution in [-0.4, -0.2) is 38.7 Å². The van der Waals surface area contributed by atoms with Gasteiger partial charge in [-0.3, -0.25) is 0 Å². The van der Waals surface area contributed by atoms with Crippen molar-refractivity contribution in [3.05, 3.63) is 60.7 Å². The lowest BCUT2D eigenvalue weighted by Gasteiger charge is -2.47. The minimum atomic E-state index is -1.57. The Morgan fingerprint density at radius 1 is 0.727 bits per heavy atom. The van der Waals surface area contributed by atoms with Gasteiger partial charge >= 0.3 is 0 Å². The molecule has 22 heavy (non-hydrogen) atoms. The summed E-state index contributed by atoms with van der Waals surface area (Å²) in [4.78, 5) is 0. The zero-order valence-corrected chi connectivity index (χ0v) is 15.0. The van der Waals surface area contributed by atoms with Gasteiger partial charge in [0.2, 0.25) is 0 Å². The SMILES string of the molecule is CC[N+]1(CC)CC[Si](c2ccccc2)(c2ccccc2)CC1. The monoisotopic (exact) mass is 310 g/mol. The fraction of sp³-hybridized carbons (Fsp3) is 0.400. The highest BCUT2D eigenvalue weighted by Crippen LogP contribution is 2.27. The van der Waals surface area contributed by atoms with Crippen LogP contribution in [-0.2, 0) is 0 Å². The number of hydrogen-bond acceptors (Lipinski definition) is 0. The molecule has 1 saturated heterocycles. The first-order valence-corrected chi connectivity index (χ1v) is 11.1. The molecule has 0 amide bonds. The Labute approximate surface area is 136 Å². The van der Waals surface area contributed by atoms with Gasteiger partial charge in [-0.2, -0.15) is 0 Å². The molecule has 3 rings (SSSR count).